The number of methoxy groups -OCH3 is 1. The summed E-state index contributed by atoms with van der Waals surface area (Å²) in [4.78, 5) is 11.5. The summed E-state index contributed by atoms with van der Waals surface area (Å²) in [6.07, 6.45) is 2.82. The zero-order valence-electron chi connectivity index (χ0n) is 14.8. The molecule has 0 saturated carbocycles. The number of ether oxygens (including phenoxy) is 3. The summed E-state index contributed by atoms with van der Waals surface area (Å²) < 4.78 is 42.8. The zero-order valence-corrected chi connectivity index (χ0v) is 14.8. The van der Waals surface area contributed by atoms with Gasteiger partial charge in [0.05, 0.1) is 25.2 Å². The van der Waals surface area contributed by atoms with Crippen LogP contribution in [0.2, 0.25) is 0 Å². The Hall–Kier alpha value is -2.04. The van der Waals surface area contributed by atoms with Gasteiger partial charge in [-0.05, 0) is 49.8 Å². The van der Waals surface area contributed by atoms with Crippen molar-refractivity contribution in [2.75, 3.05) is 20.3 Å². The second-order valence-electron chi connectivity index (χ2n) is 6.32. The first kappa shape index (κ1) is 20.3. The second-order valence-corrected chi connectivity index (χ2v) is 6.32. The first-order chi connectivity index (χ1) is 12.5. The molecule has 2 atom stereocenters. The predicted molar refractivity (Wildman–Crippen MR) is 89.1 cm³/mol. The topological polar surface area (TPSA) is 68.6 Å². The summed E-state index contributed by atoms with van der Waals surface area (Å²) in [6, 6.07) is 5.54. The number of hydrogen-bond acceptors (Lipinski definition) is 5. The van der Waals surface area contributed by atoms with Crippen molar-refractivity contribution in [1.29, 1.82) is 5.26 Å². The van der Waals surface area contributed by atoms with Gasteiger partial charge < -0.3 is 14.2 Å². The fourth-order valence-corrected chi connectivity index (χ4v) is 3.01. The van der Waals surface area contributed by atoms with Gasteiger partial charge in [0.1, 0.15) is 0 Å². The molecule has 2 unspecified atom stereocenters. The molecule has 7 heteroatoms. The Morgan fingerprint density at radius 2 is 2.15 bits per heavy atom. The highest BCUT2D eigenvalue weighted by Gasteiger charge is 2.34. The Bertz CT molecular complexity index is 655. The van der Waals surface area contributed by atoms with Crippen molar-refractivity contribution >= 4 is 5.97 Å². The van der Waals surface area contributed by atoms with Crippen molar-refractivity contribution in [3.05, 3.63) is 35.4 Å². The summed E-state index contributed by atoms with van der Waals surface area (Å²) in [7, 11) is 1.26. The molecule has 142 valence electrons. The standard InChI is InChI=1S/C19H23F2NO4/c1-24-17(23)7-8-19(13-22,14-5-6-15(20)16(21)12-14)9-11-26-18-4-2-3-10-25-18/h5-6,12,18H,2-4,7-11H2,1H3. The lowest BCUT2D eigenvalue weighted by atomic mass is 9.75. The molecule has 2 rings (SSSR count). The van der Waals surface area contributed by atoms with Gasteiger partial charge in [-0.15, -0.1) is 0 Å². The van der Waals surface area contributed by atoms with E-state index in [0.29, 0.717) is 12.2 Å². The lowest BCUT2D eigenvalue weighted by Gasteiger charge is -2.29. The smallest absolute Gasteiger partial charge is 0.305 e. The van der Waals surface area contributed by atoms with E-state index >= 15 is 0 Å². The average molecular weight is 367 g/mol. The van der Waals surface area contributed by atoms with Crippen LogP contribution in [0.3, 0.4) is 0 Å². The molecule has 0 radical (unpaired) electrons. The molecule has 0 bridgehead atoms. The third-order valence-corrected chi connectivity index (χ3v) is 4.64. The SMILES string of the molecule is COC(=O)CCC(C#N)(CCOC1CCCCO1)c1ccc(F)c(F)c1. The molecule has 0 aromatic heterocycles. The van der Waals surface area contributed by atoms with E-state index in [0.717, 1.165) is 31.4 Å². The van der Waals surface area contributed by atoms with Gasteiger partial charge in [-0.1, -0.05) is 6.07 Å². The van der Waals surface area contributed by atoms with Crippen LogP contribution in [-0.2, 0) is 24.4 Å². The van der Waals surface area contributed by atoms with Crippen molar-refractivity contribution in [2.24, 2.45) is 0 Å². The minimum Gasteiger partial charge on any atom is -0.469 e. The molecule has 26 heavy (non-hydrogen) atoms. The van der Waals surface area contributed by atoms with Crippen LogP contribution in [0, 0.1) is 23.0 Å². The maximum absolute atomic E-state index is 13.7. The van der Waals surface area contributed by atoms with Crippen molar-refractivity contribution in [3.63, 3.8) is 0 Å². The Morgan fingerprint density at radius 3 is 2.77 bits per heavy atom. The molecular formula is C19H23F2NO4. The van der Waals surface area contributed by atoms with Crippen LogP contribution in [-0.4, -0.2) is 32.6 Å². The summed E-state index contributed by atoms with van der Waals surface area (Å²) in [5, 5.41) is 9.81. The minimum absolute atomic E-state index is 0.0109. The normalized spacial score (nSPS) is 19.4. The van der Waals surface area contributed by atoms with Crippen LogP contribution in [0.4, 0.5) is 8.78 Å². The highest BCUT2D eigenvalue weighted by Crippen LogP contribution is 2.34. The number of carbonyl (C=O) groups excluding carboxylic acids is 1. The molecule has 5 nitrogen and oxygen atoms in total. The van der Waals surface area contributed by atoms with E-state index in [2.05, 4.69) is 10.8 Å². The fraction of sp³-hybridized carbons (Fsp3) is 0.579. The highest BCUT2D eigenvalue weighted by molar-refractivity contribution is 5.69. The summed E-state index contributed by atoms with van der Waals surface area (Å²) in [5.41, 5.74) is -0.867. The molecular weight excluding hydrogens is 344 g/mol. The second kappa shape index (κ2) is 9.60. The lowest BCUT2D eigenvalue weighted by Crippen LogP contribution is -2.30. The Labute approximate surface area is 151 Å². The largest absolute Gasteiger partial charge is 0.469 e. The van der Waals surface area contributed by atoms with Gasteiger partial charge in [0, 0.05) is 13.0 Å². The van der Waals surface area contributed by atoms with Crippen LogP contribution in [0.1, 0.15) is 44.1 Å². The van der Waals surface area contributed by atoms with Gasteiger partial charge in [0.2, 0.25) is 0 Å². The Kier molecular flexibility index (Phi) is 7.49. The van der Waals surface area contributed by atoms with Crippen LogP contribution < -0.4 is 0 Å². The average Bonchev–Trinajstić information content (AvgIpc) is 2.67. The zero-order chi connectivity index (χ0) is 19.0. The van der Waals surface area contributed by atoms with Crippen molar-refractivity contribution in [3.8, 4) is 6.07 Å². The van der Waals surface area contributed by atoms with Crippen molar-refractivity contribution < 1.29 is 27.8 Å². The maximum atomic E-state index is 13.7. The number of nitriles is 1. The van der Waals surface area contributed by atoms with Crippen LogP contribution >= 0.6 is 0 Å². The minimum atomic E-state index is -1.18. The van der Waals surface area contributed by atoms with Gasteiger partial charge in [0.15, 0.2) is 17.9 Å². The van der Waals surface area contributed by atoms with E-state index in [4.69, 9.17) is 9.47 Å². The highest BCUT2D eigenvalue weighted by atomic mass is 19.2. The Morgan fingerprint density at radius 1 is 1.35 bits per heavy atom. The molecule has 0 amide bonds. The summed E-state index contributed by atoms with van der Waals surface area (Å²) >= 11 is 0. The third-order valence-electron chi connectivity index (χ3n) is 4.64. The third kappa shape index (κ3) is 5.23. The molecule has 1 aliphatic rings. The summed E-state index contributed by atoms with van der Waals surface area (Å²) in [6.45, 7) is 0.845. The number of rotatable bonds is 8. The predicted octanol–water partition coefficient (Wildman–Crippen LogP) is 3.61. The quantitative estimate of drug-likeness (QED) is 0.657. The molecule has 0 spiro atoms. The fourth-order valence-electron chi connectivity index (χ4n) is 3.01. The summed E-state index contributed by atoms with van der Waals surface area (Å²) in [5.74, 6) is -2.49. The molecule has 1 heterocycles. The first-order valence-corrected chi connectivity index (χ1v) is 8.67. The van der Waals surface area contributed by atoms with Crippen molar-refractivity contribution in [1.82, 2.24) is 0 Å². The van der Waals surface area contributed by atoms with Gasteiger partial charge in [-0.3, -0.25) is 4.79 Å². The monoisotopic (exact) mass is 367 g/mol. The van der Waals surface area contributed by atoms with E-state index in [1.165, 1.54) is 13.2 Å². The molecule has 0 aliphatic carbocycles. The lowest BCUT2D eigenvalue weighted by molar-refractivity contribution is -0.164. The molecule has 1 aromatic carbocycles. The molecule has 1 fully saturated rings. The molecule has 1 saturated heterocycles. The number of benzene rings is 1. The van der Waals surface area contributed by atoms with E-state index < -0.39 is 23.0 Å². The number of esters is 1. The van der Waals surface area contributed by atoms with E-state index in [1.807, 2.05) is 0 Å². The van der Waals surface area contributed by atoms with Gasteiger partial charge in [-0.25, -0.2) is 8.78 Å². The number of hydrogen-bond donors (Lipinski definition) is 0. The van der Waals surface area contributed by atoms with Crippen LogP contribution in [0.25, 0.3) is 0 Å². The van der Waals surface area contributed by atoms with Crippen molar-refractivity contribution in [2.45, 2.75) is 50.2 Å². The number of carbonyl (C=O) groups is 1. The number of nitrogens with zero attached hydrogens (tertiary/aromatic N) is 1. The van der Waals surface area contributed by atoms with Gasteiger partial charge >= 0.3 is 5.97 Å². The van der Waals surface area contributed by atoms with E-state index in [1.54, 1.807) is 0 Å². The van der Waals surface area contributed by atoms with Gasteiger partial charge in [0.25, 0.3) is 0 Å². The first-order valence-electron chi connectivity index (χ1n) is 8.67. The van der Waals surface area contributed by atoms with Crippen LogP contribution in [0.5, 0.6) is 0 Å². The molecule has 1 aliphatic heterocycles. The van der Waals surface area contributed by atoms with Crippen LogP contribution in [0.15, 0.2) is 18.2 Å². The van der Waals surface area contributed by atoms with Gasteiger partial charge in [-0.2, -0.15) is 5.26 Å². The van der Waals surface area contributed by atoms with E-state index in [9.17, 15) is 18.8 Å². The number of halogens is 2. The molecule has 1 aromatic rings. The van der Waals surface area contributed by atoms with E-state index in [-0.39, 0.29) is 32.2 Å². The maximum Gasteiger partial charge on any atom is 0.305 e. The molecule has 0 N–H and O–H groups in total. The Balaban J connectivity index is 2.14.